The molecule has 3 nitrogen and oxygen atoms in total. The molecule has 0 aliphatic heterocycles. The van der Waals surface area contributed by atoms with Crippen LogP contribution in [0.1, 0.15) is 36.0 Å². The van der Waals surface area contributed by atoms with Gasteiger partial charge in [0.15, 0.2) is 0 Å². The molecule has 0 saturated heterocycles. The van der Waals surface area contributed by atoms with Crippen LogP contribution < -0.4 is 5.73 Å². The van der Waals surface area contributed by atoms with Crippen molar-refractivity contribution in [1.82, 2.24) is 9.88 Å². The molecule has 2 aromatic heterocycles. The lowest BCUT2D eigenvalue weighted by molar-refractivity contribution is 0.254. The first-order chi connectivity index (χ1) is 9.58. The lowest BCUT2D eigenvalue weighted by Crippen LogP contribution is -2.26. The minimum absolute atomic E-state index is 0.159. The van der Waals surface area contributed by atoms with E-state index < -0.39 is 0 Å². The maximum atomic E-state index is 12.8. The second-order valence-electron chi connectivity index (χ2n) is 4.97. The fourth-order valence-electron chi connectivity index (χ4n) is 2.04. The lowest BCUT2D eigenvalue weighted by Gasteiger charge is -2.25. The molecule has 0 aliphatic carbocycles. The summed E-state index contributed by atoms with van der Waals surface area (Å²) < 4.78 is 12.8. The van der Waals surface area contributed by atoms with Gasteiger partial charge in [-0.25, -0.2) is 4.39 Å². The van der Waals surface area contributed by atoms with Gasteiger partial charge in [-0.1, -0.05) is 6.07 Å². The standard InChI is InChI=1S/C15H20FN3S/c1-11(15-4-3-9-20-15)19(2)8-7-13(17)14-6-5-12(16)10-18-14/h3-6,9-11,13H,7-8,17H2,1-2H3. The van der Waals surface area contributed by atoms with Crippen LogP contribution in [0.4, 0.5) is 4.39 Å². The quantitative estimate of drug-likeness (QED) is 0.888. The third-order valence-electron chi connectivity index (χ3n) is 3.54. The summed E-state index contributed by atoms with van der Waals surface area (Å²) in [6.07, 6.45) is 2.01. The number of rotatable bonds is 6. The predicted octanol–water partition coefficient (Wildman–Crippen LogP) is 3.37. The summed E-state index contributed by atoms with van der Waals surface area (Å²) in [5.74, 6) is -0.329. The van der Waals surface area contributed by atoms with Gasteiger partial charge in [-0.15, -0.1) is 11.3 Å². The average molecular weight is 293 g/mol. The van der Waals surface area contributed by atoms with Crippen molar-refractivity contribution in [3.63, 3.8) is 0 Å². The zero-order chi connectivity index (χ0) is 14.5. The van der Waals surface area contributed by atoms with Gasteiger partial charge in [-0.2, -0.15) is 0 Å². The highest BCUT2D eigenvalue weighted by Gasteiger charge is 2.14. The topological polar surface area (TPSA) is 42.1 Å². The molecule has 2 heterocycles. The van der Waals surface area contributed by atoms with Gasteiger partial charge in [-0.05, 0) is 44.0 Å². The Labute approximate surface area is 123 Å². The summed E-state index contributed by atoms with van der Waals surface area (Å²) >= 11 is 1.76. The average Bonchev–Trinajstić information content (AvgIpc) is 2.98. The third-order valence-corrected chi connectivity index (χ3v) is 4.58. The van der Waals surface area contributed by atoms with Crippen LogP contribution >= 0.6 is 11.3 Å². The smallest absolute Gasteiger partial charge is 0.141 e. The third kappa shape index (κ3) is 3.85. The molecule has 0 saturated carbocycles. The summed E-state index contributed by atoms with van der Waals surface area (Å²) in [4.78, 5) is 7.66. The fraction of sp³-hybridized carbons (Fsp3) is 0.400. The zero-order valence-corrected chi connectivity index (χ0v) is 12.6. The Bertz CT molecular complexity index is 512. The minimum atomic E-state index is -0.329. The summed E-state index contributed by atoms with van der Waals surface area (Å²) in [5, 5.41) is 2.09. The van der Waals surface area contributed by atoms with Gasteiger partial charge in [-0.3, -0.25) is 9.88 Å². The molecule has 2 N–H and O–H groups in total. The van der Waals surface area contributed by atoms with E-state index in [0.717, 1.165) is 18.7 Å². The first kappa shape index (κ1) is 15.1. The summed E-state index contributed by atoms with van der Waals surface area (Å²) in [7, 11) is 2.09. The second-order valence-corrected chi connectivity index (χ2v) is 5.95. The van der Waals surface area contributed by atoms with Crippen molar-refractivity contribution in [2.45, 2.75) is 25.4 Å². The number of pyridine rings is 1. The van der Waals surface area contributed by atoms with E-state index in [1.165, 1.54) is 17.1 Å². The number of nitrogens with two attached hydrogens (primary N) is 1. The Morgan fingerprint density at radius 3 is 2.80 bits per heavy atom. The van der Waals surface area contributed by atoms with Crippen LogP contribution in [-0.4, -0.2) is 23.5 Å². The number of halogens is 1. The van der Waals surface area contributed by atoms with Gasteiger partial charge >= 0.3 is 0 Å². The maximum absolute atomic E-state index is 12.8. The molecule has 2 unspecified atom stereocenters. The van der Waals surface area contributed by atoms with Gasteiger partial charge < -0.3 is 5.73 Å². The van der Waals surface area contributed by atoms with Gasteiger partial charge in [0.05, 0.1) is 11.9 Å². The Kier molecular flexibility index (Phi) is 5.23. The molecule has 2 atom stereocenters. The highest BCUT2D eigenvalue weighted by atomic mass is 32.1. The number of aromatic nitrogens is 1. The van der Waals surface area contributed by atoms with E-state index in [4.69, 9.17) is 5.73 Å². The molecule has 2 rings (SSSR count). The molecule has 5 heteroatoms. The van der Waals surface area contributed by atoms with Crippen molar-refractivity contribution < 1.29 is 4.39 Å². The predicted molar refractivity (Wildman–Crippen MR) is 81.1 cm³/mol. The molecular formula is C15H20FN3S. The van der Waals surface area contributed by atoms with Crippen molar-refractivity contribution in [3.8, 4) is 0 Å². The largest absolute Gasteiger partial charge is 0.323 e. The Morgan fingerprint density at radius 1 is 1.40 bits per heavy atom. The van der Waals surface area contributed by atoms with Gasteiger partial charge in [0, 0.05) is 23.5 Å². The molecule has 0 fully saturated rings. The van der Waals surface area contributed by atoms with Crippen LogP contribution in [0.3, 0.4) is 0 Å². The van der Waals surface area contributed by atoms with Crippen LogP contribution in [0.5, 0.6) is 0 Å². The number of hydrogen-bond acceptors (Lipinski definition) is 4. The Balaban J connectivity index is 1.86. The van der Waals surface area contributed by atoms with Gasteiger partial charge in [0.2, 0.25) is 0 Å². The van der Waals surface area contributed by atoms with E-state index in [-0.39, 0.29) is 11.9 Å². The lowest BCUT2D eigenvalue weighted by atomic mass is 10.1. The maximum Gasteiger partial charge on any atom is 0.141 e. The van der Waals surface area contributed by atoms with E-state index in [0.29, 0.717) is 6.04 Å². The van der Waals surface area contributed by atoms with Crippen LogP contribution in [-0.2, 0) is 0 Å². The molecule has 0 spiro atoms. The molecule has 0 aromatic carbocycles. The summed E-state index contributed by atoms with van der Waals surface area (Å²) in [6, 6.07) is 7.49. The normalized spacial score (nSPS) is 14.4. The zero-order valence-electron chi connectivity index (χ0n) is 11.8. The first-order valence-electron chi connectivity index (χ1n) is 6.68. The monoisotopic (exact) mass is 293 g/mol. The summed E-state index contributed by atoms with van der Waals surface area (Å²) in [5.41, 5.74) is 6.84. The van der Waals surface area contributed by atoms with Crippen LogP contribution in [0.15, 0.2) is 35.8 Å². The van der Waals surface area contributed by atoms with E-state index in [1.54, 1.807) is 17.4 Å². The molecule has 0 amide bonds. The van der Waals surface area contributed by atoms with Crippen LogP contribution in [0.25, 0.3) is 0 Å². The van der Waals surface area contributed by atoms with E-state index in [1.807, 2.05) is 0 Å². The highest BCUT2D eigenvalue weighted by Crippen LogP contribution is 2.24. The van der Waals surface area contributed by atoms with Crippen LogP contribution in [0, 0.1) is 5.82 Å². The molecule has 0 radical (unpaired) electrons. The molecule has 0 aliphatic rings. The highest BCUT2D eigenvalue weighted by molar-refractivity contribution is 7.10. The number of hydrogen-bond donors (Lipinski definition) is 1. The van der Waals surface area contributed by atoms with Crippen molar-refractivity contribution in [2.24, 2.45) is 5.73 Å². The SMILES string of the molecule is CC(c1cccs1)N(C)CCC(N)c1ccc(F)cn1. The molecular weight excluding hydrogens is 273 g/mol. The van der Waals surface area contributed by atoms with Crippen molar-refractivity contribution in [2.75, 3.05) is 13.6 Å². The molecule has 2 aromatic rings. The van der Waals surface area contributed by atoms with Crippen molar-refractivity contribution in [3.05, 3.63) is 52.2 Å². The molecule has 108 valence electrons. The Hall–Kier alpha value is -1.30. The van der Waals surface area contributed by atoms with E-state index in [2.05, 4.69) is 41.4 Å². The minimum Gasteiger partial charge on any atom is -0.323 e. The first-order valence-corrected chi connectivity index (χ1v) is 7.56. The summed E-state index contributed by atoms with van der Waals surface area (Å²) in [6.45, 7) is 3.06. The molecule has 0 bridgehead atoms. The molecule has 20 heavy (non-hydrogen) atoms. The van der Waals surface area contributed by atoms with Gasteiger partial charge in [0.1, 0.15) is 5.82 Å². The van der Waals surface area contributed by atoms with Crippen molar-refractivity contribution in [1.29, 1.82) is 0 Å². The fourth-order valence-corrected chi connectivity index (χ4v) is 2.89. The second kappa shape index (κ2) is 6.92. The van der Waals surface area contributed by atoms with E-state index in [9.17, 15) is 4.39 Å². The van der Waals surface area contributed by atoms with Crippen molar-refractivity contribution >= 4 is 11.3 Å². The van der Waals surface area contributed by atoms with Gasteiger partial charge in [0.25, 0.3) is 0 Å². The van der Waals surface area contributed by atoms with E-state index >= 15 is 0 Å². The Morgan fingerprint density at radius 2 is 2.20 bits per heavy atom. The van der Waals surface area contributed by atoms with Crippen LogP contribution in [0.2, 0.25) is 0 Å². The number of nitrogens with zero attached hydrogens (tertiary/aromatic N) is 2. The number of thiophene rings is 1.